The van der Waals surface area contributed by atoms with Crippen molar-refractivity contribution in [3.8, 4) is 0 Å². The molecule has 0 saturated carbocycles. The lowest BCUT2D eigenvalue weighted by molar-refractivity contribution is -0.127. The minimum atomic E-state index is -0.422. The van der Waals surface area contributed by atoms with Crippen LogP contribution >= 0.6 is 0 Å². The average molecular weight is 248 g/mol. The Balaban J connectivity index is 2.24. The molecule has 1 atom stereocenters. The predicted octanol–water partition coefficient (Wildman–Crippen LogP) is 0.0144. The van der Waals surface area contributed by atoms with Gasteiger partial charge >= 0.3 is 0 Å². The number of nitrogen functional groups attached to an aromatic ring is 1. The van der Waals surface area contributed by atoms with E-state index in [1.807, 2.05) is 6.92 Å². The minimum absolute atomic E-state index is 0.110. The van der Waals surface area contributed by atoms with Gasteiger partial charge in [-0.05, 0) is 18.6 Å². The first-order valence-electron chi connectivity index (χ1n) is 5.93. The third-order valence-electron chi connectivity index (χ3n) is 2.98. The first-order valence-corrected chi connectivity index (χ1v) is 5.93. The zero-order valence-corrected chi connectivity index (χ0v) is 10.2. The minimum Gasteiger partial charge on any atom is -0.399 e. The molecule has 0 aliphatic carbocycles. The van der Waals surface area contributed by atoms with Crippen LogP contribution in [0.4, 0.5) is 5.69 Å². The molecule has 1 aromatic rings. The largest absolute Gasteiger partial charge is 0.399 e. The molecule has 6 nitrogen and oxygen atoms in total. The van der Waals surface area contributed by atoms with Crippen molar-refractivity contribution < 1.29 is 9.59 Å². The molecule has 3 N–H and O–H groups in total. The van der Waals surface area contributed by atoms with Crippen LogP contribution in [0.5, 0.6) is 0 Å². The van der Waals surface area contributed by atoms with E-state index in [1.54, 1.807) is 11.0 Å². The number of rotatable bonds is 2. The number of aromatic nitrogens is 1. The standard InChI is InChI=1S/C12H16N4O2/c1-2-10-11(17)15-5-6-16(10)12(18)9-7-8(13)3-4-14-9/h3-4,7,10H,2,5-6H2,1H3,(H2,13,14)(H,15,17). The lowest BCUT2D eigenvalue weighted by Gasteiger charge is -2.34. The maximum Gasteiger partial charge on any atom is 0.273 e. The number of amides is 2. The SMILES string of the molecule is CCC1C(=O)NCCN1C(=O)c1cc(N)ccn1. The molecule has 0 bridgehead atoms. The van der Waals surface area contributed by atoms with Gasteiger partial charge in [-0.25, -0.2) is 0 Å². The fourth-order valence-electron chi connectivity index (χ4n) is 2.07. The number of nitrogens with zero attached hydrogens (tertiary/aromatic N) is 2. The highest BCUT2D eigenvalue weighted by Gasteiger charge is 2.32. The van der Waals surface area contributed by atoms with Gasteiger partial charge in [0, 0.05) is 25.0 Å². The zero-order valence-electron chi connectivity index (χ0n) is 10.2. The highest BCUT2D eigenvalue weighted by atomic mass is 16.2. The number of anilines is 1. The summed E-state index contributed by atoms with van der Waals surface area (Å²) >= 11 is 0. The van der Waals surface area contributed by atoms with Crippen LogP contribution in [0.25, 0.3) is 0 Å². The molecule has 0 aromatic carbocycles. The molecule has 0 radical (unpaired) electrons. The smallest absolute Gasteiger partial charge is 0.273 e. The Morgan fingerprint density at radius 3 is 3.11 bits per heavy atom. The van der Waals surface area contributed by atoms with E-state index >= 15 is 0 Å². The summed E-state index contributed by atoms with van der Waals surface area (Å²) in [5.41, 5.74) is 6.40. The number of nitrogens with one attached hydrogen (secondary N) is 1. The first kappa shape index (κ1) is 12.3. The molecule has 1 saturated heterocycles. The van der Waals surface area contributed by atoms with E-state index in [2.05, 4.69) is 10.3 Å². The molecule has 1 fully saturated rings. The Morgan fingerprint density at radius 1 is 1.67 bits per heavy atom. The molecule has 1 unspecified atom stereocenters. The average Bonchev–Trinajstić information content (AvgIpc) is 2.37. The van der Waals surface area contributed by atoms with Crippen LogP contribution in [0.15, 0.2) is 18.3 Å². The Bertz CT molecular complexity index is 475. The molecular formula is C12H16N4O2. The van der Waals surface area contributed by atoms with Crippen LogP contribution in [-0.4, -0.2) is 40.8 Å². The zero-order chi connectivity index (χ0) is 13.1. The fraction of sp³-hybridized carbons (Fsp3) is 0.417. The van der Waals surface area contributed by atoms with Gasteiger partial charge in [-0.2, -0.15) is 0 Å². The topological polar surface area (TPSA) is 88.3 Å². The number of hydrogen-bond acceptors (Lipinski definition) is 4. The van der Waals surface area contributed by atoms with Gasteiger partial charge in [0.2, 0.25) is 5.91 Å². The van der Waals surface area contributed by atoms with E-state index in [-0.39, 0.29) is 17.5 Å². The van der Waals surface area contributed by atoms with Crippen LogP contribution < -0.4 is 11.1 Å². The number of carbonyl (C=O) groups excluding carboxylic acids is 2. The first-order chi connectivity index (χ1) is 8.63. The summed E-state index contributed by atoms with van der Waals surface area (Å²) in [5.74, 6) is -0.356. The van der Waals surface area contributed by atoms with Gasteiger partial charge in [0.05, 0.1) is 0 Å². The summed E-state index contributed by atoms with van der Waals surface area (Å²) in [5, 5.41) is 2.75. The molecule has 1 aliphatic rings. The second-order valence-electron chi connectivity index (χ2n) is 4.19. The Labute approximate surface area is 105 Å². The van der Waals surface area contributed by atoms with Crippen molar-refractivity contribution in [2.75, 3.05) is 18.8 Å². The van der Waals surface area contributed by atoms with Crippen LogP contribution in [0.2, 0.25) is 0 Å². The van der Waals surface area contributed by atoms with Gasteiger partial charge in [-0.15, -0.1) is 0 Å². The quantitative estimate of drug-likeness (QED) is 0.772. The number of piperazine rings is 1. The van der Waals surface area contributed by atoms with E-state index in [0.29, 0.717) is 25.2 Å². The lowest BCUT2D eigenvalue weighted by atomic mass is 10.1. The highest BCUT2D eigenvalue weighted by Crippen LogP contribution is 2.13. The van der Waals surface area contributed by atoms with Crippen LogP contribution in [0.1, 0.15) is 23.8 Å². The molecule has 1 aliphatic heterocycles. The second kappa shape index (κ2) is 5.03. The summed E-state index contributed by atoms with van der Waals surface area (Å²) < 4.78 is 0. The van der Waals surface area contributed by atoms with Gasteiger partial charge in [0.25, 0.3) is 5.91 Å². The summed E-state index contributed by atoms with van der Waals surface area (Å²) in [4.78, 5) is 29.5. The van der Waals surface area contributed by atoms with Gasteiger partial charge in [-0.3, -0.25) is 14.6 Å². The normalized spacial score (nSPS) is 19.5. The van der Waals surface area contributed by atoms with Gasteiger partial charge in [0.15, 0.2) is 0 Å². The Kier molecular flexibility index (Phi) is 3.45. The summed E-state index contributed by atoms with van der Waals surface area (Å²) in [6.07, 6.45) is 2.08. The Morgan fingerprint density at radius 2 is 2.44 bits per heavy atom. The van der Waals surface area contributed by atoms with Crippen LogP contribution in [-0.2, 0) is 4.79 Å². The summed E-state index contributed by atoms with van der Waals surface area (Å²) in [7, 11) is 0. The molecule has 6 heteroatoms. The molecule has 2 rings (SSSR count). The van der Waals surface area contributed by atoms with E-state index in [4.69, 9.17) is 5.73 Å². The molecule has 96 valence electrons. The highest BCUT2D eigenvalue weighted by molar-refractivity contribution is 5.97. The van der Waals surface area contributed by atoms with Crippen molar-refractivity contribution >= 4 is 17.5 Å². The number of pyridine rings is 1. The van der Waals surface area contributed by atoms with E-state index in [1.165, 1.54) is 12.3 Å². The molecule has 2 amide bonds. The molecule has 1 aromatic heterocycles. The maximum atomic E-state index is 12.3. The van der Waals surface area contributed by atoms with Crippen molar-refractivity contribution in [3.05, 3.63) is 24.0 Å². The summed E-state index contributed by atoms with van der Waals surface area (Å²) in [6.45, 7) is 2.85. The van der Waals surface area contributed by atoms with Crippen molar-refractivity contribution in [2.24, 2.45) is 0 Å². The van der Waals surface area contributed by atoms with Crippen LogP contribution in [0, 0.1) is 0 Å². The van der Waals surface area contributed by atoms with Gasteiger partial charge in [-0.1, -0.05) is 6.92 Å². The molecule has 2 heterocycles. The van der Waals surface area contributed by atoms with E-state index in [9.17, 15) is 9.59 Å². The second-order valence-corrected chi connectivity index (χ2v) is 4.19. The maximum absolute atomic E-state index is 12.3. The third-order valence-corrected chi connectivity index (χ3v) is 2.98. The third kappa shape index (κ3) is 2.27. The van der Waals surface area contributed by atoms with Crippen LogP contribution in [0.3, 0.4) is 0 Å². The number of carbonyl (C=O) groups is 2. The lowest BCUT2D eigenvalue weighted by Crippen LogP contribution is -2.57. The van der Waals surface area contributed by atoms with Crippen molar-refractivity contribution in [3.63, 3.8) is 0 Å². The van der Waals surface area contributed by atoms with Crippen molar-refractivity contribution in [2.45, 2.75) is 19.4 Å². The predicted molar refractivity (Wildman–Crippen MR) is 66.8 cm³/mol. The fourth-order valence-corrected chi connectivity index (χ4v) is 2.07. The summed E-state index contributed by atoms with van der Waals surface area (Å²) in [6, 6.07) is 2.73. The number of nitrogens with two attached hydrogens (primary N) is 1. The van der Waals surface area contributed by atoms with Crippen molar-refractivity contribution in [1.82, 2.24) is 15.2 Å². The molecular weight excluding hydrogens is 232 g/mol. The van der Waals surface area contributed by atoms with Gasteiger partial charge in [0.1, 0.15) is 11.7 Å². The Hall–Kier alpha value is -2.11. The number of hydrogen-bond donors (Lipinski definition) is 2. The molecule has 0 spiro atoms. The van der Waals surface area contributed by atoms with E-state index in [0.717, 1.165) is 0 Å². The van der Waals surface area contributed by atoms with Crippen molar-refractivity contribution in [1.29, 1.82) is 0 Å². The van der Waals surface area contributed by atoms with E-state index < -0.39 is 6.04 Å². The molecule has 18 heavy (non-hydrogen) atoms. The monoisotopic (exact) mass is 248 g/mol. The van der Waals surface area contributed by atoms with Gasteiger partial charge < -0.3 is 16.0 Å².